The Morgan fingerprint density at radius 2 is 2.00 bits per heavy atom. The van der Waals surface area contributed by atoms with Gasteiger partial charge in [-0.25, -0.2) is 0 Å². The minimum absolute atomic E-state index is 0.0359. The quantitative estimate of drug-likeness (QED) is 0.869. The van der Waals surface area contributed by atoms with Gasteiger partial charge < -0.3 is 15.0 Å². The van der Waals surface area contributed by atoms with E-state index in [1.54, 1.807) is 0 Å². The van der Waals surface area contributed by atoms with E-state index in [4.69, 9.17) is 15.0 Å². The molecule has 1 aliphatic carbocycles. The Labute approximate surface area is 101 Å². The molecule has 1 aromatic rings. The average molecular weight is 237 g/mol. The van der Waals surface area contributed by atoms with Gasteiger partial charge in [-0.1, -0.05) is 18.0 Å². The van der Waals surface area contributed by atoms with Crippen LogP contribution in [0.1, 0.15) is 62.3 Å². The van der Waals surface area contributed by atoms with Gasteiger partial charge in [0.25, 0.3) is 5.89 Å². The second-order valence-electron chi connectivity index (χ2n) is 5.03. The summed E-state index contributed by atoms with van der Waals surface area (Å²) in [6, 6.07) is 0. The van der Waals surface area contributed by atoms with Crippen molar-refractivity contribution in [1.82, 2.24) is 10.1 Å². The molecule has 3 rings (SSSR count). The third kappa shape index (κ3) is 2.21. The summed E-state index contributed by atoms with van der Waals surface area (Å²) in [4.78, 5) is 4.50. The molecule has 2 unspecified atom stereocenters. The van der Waals surface area contributed by atoms with E-state index >= 15 is 0 Å². The van der Waals surface area contributed by atoms with E-state index in [1.807, 2.05) is 0 Å². The minimum Gasteiger partial charge on any atom is -0.364 e. The third-order valence-corrected chi connectivity index (χ3v) is 3.82. The van der Waals surface area contributed by atoms with E-state index in [0.29, 0.717) is 18.4 Å². The number of aromatic nitrogens is 2. The maximum atomic E-state index is 5.75. The second kappa shape index (κ2) is 4.74. The lowest BCUT2D eigenvalue weighted by Gasteiger charge is -2.07. The summed E-state index contributed by atoms with van der Waals surface area (Å²) in [5, 5.41) is 4.10. The Morgan fingerprint density at radius 3 is 2.71 bits per heavy atom. The molecule has 0 amide bonds. The molecule has 1 aliphatic heterocycles. The summed E-state index contributed by atoms with van der Waals surface area (Å²) < 4.78 is 11.1. The van der Waals surface area contributed by atoms with Gasteiger partial charge in [0.1, 0.15) is 6.10 Å². The highest BCUT2D eigenvalue weighted by Gasteiger charge is 2.31. The topological polar surface area (TPSA) is 74.2 Å². The molecule has 0 spiro atoms. The van der Waals surface area contributed by atoms with Crippen molar-refractivity contribution in [3.05, 3.63) is 11.7 Å². The van der Waals surface area contributed by atoms with Crippen LogP contribution in [0.5, 0.6) is 0 Å². The maximum Gasteiger partial charge on any atom is 0.255 e. The van der Waals surface area contributed by atoms with Gasteiger partial charge in [0.2, 0.25) is 0 Å². The lowest BCUT2D eigenvalue weighted by Crippen LogP contribution is -2.18. The van der Waals surface area contributed by atoms with E-state index in [2.05, 4.69) is 10.1 Å². The van der Waals surface area contributed by atoms with Crippen molar-refractivity contribution in [2.75, 3.05) is 6.54 Å². The smallest absolute Gasteiger partial charge is 0.255 e. The molecule has 94 valence electrons. The number of hydrogen-bond donors (Lipinski definition) is 1. The molecule has 2 N–H and O–H groups in total. The van der Waals surface area contributed by atoms with Crippen LogP contribution >= 0.6 is 0 Å². The van der Waals surface area contributed by atoms with Crippen LogP contribution in [0.15, 0.2) is 4.52 Å². The van der Waals surface area contributed by atoms with Gasteiger partial charge in [-0.2, -0.15) is 4.98 Å². The highest BCUT2D eigenvalue weighted by atomic mass is 16.5. The number of ether oxygens (including phenoxy) is 1. The molecule has 2 fully saturated rings. The molecule has 2 heterocycles. The highest BCUT2D eigenvalue weighted by molar-refractivity contribution is 5.00. The lowest BCUT2D eigenvalue weighted by molar-refractivity contribution is 0.0307. The molecule has 5 nitrogen and oxygen atoms in total. The van der Waals surface area contributed by atoms with Gasteiger partial charge in [0, 0.05) is 12.5 Å². The molecule has 1 aromatic heterocycles. The van der Waals surface area contributed by atoms with Crippen LogP contribution in [0.3, 0.4) is 0 Å². The number of nitrogens with two attached hydrogens (primary N) is 1. The zero-order valence-corrected chi connectivity index (χ0v) is 9.97. The molecular weight excluding hydrogens is 218 g/mol. The minimum atomic E-state index is -0.0359. The van der Waals surface area contributed by atoms with E-state index in [0.717, 1.165) is 18.7 Å². The fraction of sp³-hybridized carbons (Fsp3) is 0.833. The molecule has 5 heteroatoms. The van der Waals surface area contributed by atoms with Crippen LogP contribution in [-0.4, -0.2) is 22.8 Å². The van der Waals surface area contributed by atoms with Crippen molar-refractivity contribution >= 4 is 0 Å². The fourth-order valence-electron chi connectivity index (χ4n) is 2.79. The molecular formula is C12H19N3O2. The number of hydrogen-bond acceptors (Lipinski definition) is 5. The molecule has 2 atom stereocenters. The molecule has 0 radical (unpaired) electrons. The lowest BCUT2D eigenvalue weighted by atomic mass is 10.1. The summed E-state index contributed by atoms with van der Waals surface area (Å²) in [5.74, 6) is 2.01. The number of nitrogens with zero attached hydrogens (tertiary/aromatic N) is 2. The standard InChI is InChI=1S/C12H19N3O2/c13-7-9-5-6-10(16-9)12-14-11(15-17-12)8-3-1-2-4-8/h8-10H,1-7,13H2. The Morgan fingerprint density at radius 1 is 1.18 bits per heavy atom. The van der Waals surface area contributed by atoms with Gasteiger partial charge in [-0.15, -0.1) is 0 Å². The SMILES string of the molecule is NCC1CCC(c2nc(C3CCCC3)no2)O1. The Hall–Kier alpha value is -0.940. The monoisotopic (exact) mass is 237 g/mol. The van der Waals surface area contributed by atoms with Gasteiger partial charge in [0.05, 0.1) is 6.10 Å². The molecule has 2 aliphatic rings. The van der Waals surface area contributed by atoms with E-state index in [-0.39, 0.29) is 12.2 Å². The first-order chi connectivity index (χ1) is 8.36. The maximum absolute atomic E-state index is 5.75. The van der Waals surface area contributed by atoms with Gasteiger partial charge in [0.15, 0.2) is 5.82 Å². The summed E-state index contributed by atoms with van der Waals surface area (Å²) in [6.45, 7) is 0.570. The average Bonchev–Trinajstić information content (AvgIpc) is 3.09. The van der Waals surface area contributed by atoms with Crippen LogP contribution < -0.4 is 5.73 Å². The summed E-state index contributed by atoms with van der Waals surface area (Å²) in [7, 11) is 0. The van der Waals surface area contributed by atoms with Crippen LogP contribution in [0.25, 0.3) is 0 Å². The zero-order valence-electron chi connectivity index (χ0n) is 9.97. The Balaban J connectivity index is 1.68. The fourth-order valence-corrected chi connectivity index (χ4v) is 2.79. The molecule has 1 saturated carbocycles. The Bertz CT molecular complexity index is 374. The van der Waals surface area contributed by atoms with Gasteiger partial charge >= 0.3 is 0 Å². The number of rotatable bonds is 3. The third-order valence-electron chi connectivity index (χ3n) is 3.82. The van der Waals surface area contributed by atoms with Crippen LogP contribution in [0.4, 0.5) is 0 Å². The summed E-state index contributed by atoms with van der Waals surface area (Å²) in [6.07, 6.45) is 6.99. The van der Waals surface area contributed by atoms with Gasteiger partial charge in [-0.05, 0) is 25.7 Å². The van der Waals surface area contributed by atoms with E-state index < -0.39 is 0 Å². The molecule has 17 heavy (non-hydrogen) atoms. The van der Waals surface area contributed by atoms with Crippen molar-refractivity contribution in [1.29, 1.82) is 0 Å². The molecule has 1 saturated heterocycles. The van der Waals surface area contributed by atoms with Gasteiger partial charge in [-0.3, -0.25) is 0 Å². The van der Waals surface area contributed by atoms with Crippen LogP contribution in [0, 0.1) is 0 Å². The first kappa shape index (κ1) is 11.2. The largest absolute Gasteiger partial charge is 0.364 e. The summed E-state index contributed by atoms with van der Waals surface area (Å²) in [5.41, 5.74) is 5.59. The van der Waals surface area contributed by atoms with Crippen LogP contribution in [0.2, 0.25) is 0 Å². The zero-order chi connectivity index (χ0) is 11.7. The predicted molar refractivity (Wildman–Crippen MR) is 61.4 cm³/mol. The first-order valence-corrected chi connectivity index (χ1v) is 6.56. The first-order valence-electron chi connectivity index (χ1n) is 6.56. The second-order valence-corrected chi connectivity index (χ2v) is 5.03. The van der Waals surface area contributed by atoms with Crippen molar-refractivity contribution < 1.29 is 9.26 Å². The van der Waals surface area contributed by atoms with E-state index in [1.165, 1.54) is 25.7 Å². The van der Waals surface area contributed by atoms with Crippen LogP contribution in [-0.2, 0) is 4.74 Å². The van der Waals surface area contributed by atoms with Crippen molar-refractivity contribution in [3.8, 4) is 0 Å². The van der Waals surface area contributed by atoms with Crippen molar-refractivity contribution in [3.63, 3.8) is 0 Å². The molecule has 0 bridgehead atoms. The normalized spacial score (nSPS) is 30.2. The predicted octanol–water partition coefficient (Wildman–Crippen LogP) is 1.91. The van der Waals surface area contributed by atoms with E-state index in [9.17, 15) is 0 Å². The molecule has 0 aromatic carbocycles. The van der Waals surface area contributed by atoms with Crippen molar-refractivity contribution in [2.45, 2.75) is 56.7 Å². The van der Waals surface area contributed by atoms with Crippen molar-refractivity contribution in [2.24, 2.45) is 5.73 Å². The highest BCUT2D eigenvalue weighted by Crippen LogP contribution is 2.35. The Kier molecular flexibility index (Phi) is 3.11. The summed E-state index contributed by atoms with van der Waals surface area (Å²) >= 11 is 0.